The lowest BCUT2D eigenvalue weighted by Crippen LogP contribution is -2.39. The van der Waals surface area contributed by atoms with Crippen LogP contribution in [0.5, 0.6) is 0 Å². The number of thiazole rings is 1. The number of nitrogens with zero attached hydrogens (tertiary/aromatic N) is 3. The van der Waals surface area contributed by atoms with E-state index in [-0.39, 0.29) is 12.2 Å². The third kappa shape index (κ3) is 4.06. The Balaban J connectivity index is 1.74. The SMILES string of the molecule is CCOC(=O)C1=C(C)N=c2s/c(=C/c3cn(C)c4ccccc34)c(=O)n2C1c1ccc(SC)cc1. The molecule has 2 aromatic heterocycles. The molecular weight excluding hydrogens is 478 g/mol. The van der Waals surface area contributed by atoms with Crippen molar-refractivity contribution in [2.45, 2.75) is 24.8 Å². The number of aryl methyl sites for hydroxylation is 1. The quantitative estimate of drug-likeness (QED) is 0.305. The average molecular weight is 504 g/mol. The fourth-order valence-electron chi connectivity index (χ4n) is 4.52. The van der Waals surface area contributed by atoms with E-state index in [0.717, 1.165) is 26.9 Å². The van der Waals surface area contributed by atoms with Gasteiger partial charge in [0, 0.05) is 34.6 Å². The molecule has 35 heavy (non-hydrogen) atoms. The molecule has 0 saturated heterocycles. The summed E-state index contributed by atoms with van der Waals surface area (Å²) in [6.45, 7) is 3.83. The Morgan fingerprint density at radius 1 is 1.20 bits per heavy atom. The predicted octanol–water partition coefficient (Wildman–Crippen LogP) is 4.01. The highest BCUT2D eigenvalue weighted by Crippen LogP contribution is 2.31. The molecule has 0 bridgehead atoms. The van der Waals surface area contributed by atoms with Crippen molar-refractivity contribution in [2.24, 2.45) is 12.0 Å². The summed E-state index contributed by atoms with van der Waals surface area (Å²) in [5.41, 5.74) is 3.70. The van der Waals surface area contributed by atoms with E-state index in [9.17, 15) is 9.59 Å². The largest absolute Gasteiger partial charge is 0.463 e. The molecule has 0 spiro atoms. The van der Waals surface area contributed by atoms with Gasteiger partial charge in [-0.3, -0.25) is 9.36 Å². The zero-order chi connectivity index (χ0) is 24.7. The number of aromatic nitrogens is 2. The van der Waals surface area contributed by atoms with E-state index in [2.05, 4.69) is 21.7 Å². The first-order valence-corrected chi connectivity index (χ1v) is 13.3. The second kappa shape index (κ2) is 9.36. The monoisotopic (exact) mass is 503 g/mol. The molecule has 4 aromatic rings. The molecule has 6 nitrogen and oxygen atoms in total. The van der Waals surface area contributed by atoms with Crippen LogP contribution in [-0.4, -0.2) is 28.0 Å². The van der Waals surface area contributed by atoms with Gasteiger partial charge in [-0.15, -0.1) is 11.8 Å². The minimum atomic E-state index is -0.601. The molecule has 3 heterocycles. The van der Waals surface area contributed by atoms with Crippen molar-refractivity contribution in [1.29, 1.82) is 0 Å². The van der Waals surface area contributed by atoms with Crippen LogP contribution >= 0.6 is 23.1 Å². The molecule has 1 unspecified atom stereocenters. The maximum Gasteiger partial charge on any atom is 0.338 e. The maximum absolute atomic E-state index is 13.8. The lowest BCUT2D eigenvalue weighted by atomic mass is 9.96. The maximum atomic E-state index is 13.8. The van der Waals surface area contributed by atoms with Crippen LogP contribution in [0.3, 0.4) is 0 Å². The van der Waals surface area contributed by atoms with Crippen LogP contribution in [0.25, 0.3) is 17.0 Å². The van der Waals surface area contributed by atoms with Crippen molar-refractivity contribution in [3.63, 3.8) is 0 Å². The van der Waals surface area contributed by atoms with Crippen LogP contribution in [-0.2, 0) is 16.6 Å². The van der Waals surface area contributed by atoms with Gasteiger partial charge in [0.25, 0.3) is 5.56 Å². The second-order valence-corrected chi connectivity index (χ2v) is 10.2. The van der Waals surface area contributed by atoms with Crippen molar-refractivity contribution < 1.29 is 9.53 Å². The standard InChI is InChI=1S/C27H25N3O3S2/c1-5-33-26(32)23-16(2)28-27-30(24(23)17-10-12-19(34-4)13-11-17)25(31)22(35-27)14-18-15-29(3)21-9-7-6-8-20(18)21/h6-15,24H,5H2,1-4H3/b22-14+. The van der Waals surface area contributed by atoms with Crippen LogP contribution < -0.4 is 14.9 Å². The number of benzene rings is 2. The number of allylic oxidation sites excluding steroid dienone is 1. The molecule has 0 aliphatic carbocycles. The first-order chi connectivity index (χ1) is 16.9. The summed E-state index contributed by atoms with van der Waals surface area (Å²) >= 11 is 2.98. The molecule has 5 rings (SSSR count). The van der Waals surface area contributed by atoms with Crippen LogP contribution in [0.2, 0.25) is 0 Å². The molecule has 0 N–H and O–H groups in total. The molecule has 178 valence electrons. The third-order valence-electron chi connectivity index (χ3n) is 6.16. The van der Waals surface area contributed by atoms with Gasteiger partial charge in [0.1, 0.15) is 0 Å². The van der Waals surface area contributed by atoms with E-state index < -0.39 is 12.0 Å². The fraction of sp³-hybridized carbons (Fsp3) is 0.222. The lowest BCUT2D eigenvalue weighted by molar-refractivity contribution is -0.139. The topological polar surface area (TPSA) is 65.6 Å². The Kier molecular flexibility index (Phi) is 6.25. The van der Waals surface area contributed by atoms with Gasteiger partial charge in [0.05, 0.1) is 28.5 Å². The van der Waals surface area contributed by atoms with Gasteiger partial charge in [-0.1, -0.05) is 41.7 Å². The number of rotatable bonds is 5. The van der Waals surface area contributed by atoms with Crippen molar-refractivity contribution in [3.05, 3.63) is 96.8 Å². The zero-order valence-electron chi connectivity index (χ0n) is 19.9. The van der Waals surface area contributed by atoms with Gasteiger partial charge < -0.3 is 9.30 Å². The van der Waals surface area contributed by atoms with Gasteiger partial charge in [-0.2, -0.15) is 0 Å². The number of carbonyl (C=O) groups is 1. The Labute approximate surface area is 210 Å². The minimum Gasteiger partial charge on any atom is -0.463 e. The molecule has 1 atom stereocenters. The Hall–Kier alpha value is -3.36. The molecule has 1 aliphatic rings. The number of esters is 1. The second-order valence-electron chi connectivity index (χ2n) is 8.29. The highest BCUT2D eigenvalue weighted by Gasteiger charge is 2.33. The van der Waals surface area contributed by atoms with E-state index in [1.165, 1.54) is 11.3 Å². The Bertz CT molecular complexity index is 1660. The number of carbonyl (C=O) groups excluding carboxylic acids is 1. The molecular formula is C27H25N3O3S2. The summed E-state index contributed by atoms with van der Waals surface area (Å²) in [4.78, 5) is 33.2. The lowest BCUT2D eigenvalue weighted by Gasteiger charge is -2.24. The normalized spacial score (nSPS) is 15.9. The van der Waals surface area contributed by atoms with Crippen LogP contribution in [0.1, 0.15) is 31.0 Å². The predicted molar refractivity (Wildman–Crippen MR) is 142 cm³/mol. The average Bonchev–Trinajstić information content (AvgIpc) is 3.34. The highest BCUT2D eigenvalue weighted by molar-refractivity contribution is 7.98. The molecule has 8 heteroatoms. The summed E-state index contributed by atoms with van der Waals surface area (Å²) in [6, 6.07) is 15.5. The first-order valence-electron chi connectivity index (χ1n) is 11.3. The summed E-state index contributed by atoms with van der Waals surface area (Å²) in [7, 11) is 1.99. The summed E-state index contributed by atoms with van der Waals surface area (Å²) in [6.07, 6.45) is 5.96. The summed E-state index contributed by atoms with van der Waals surface area (Å²) < 4.78 is 9.63. The molecule has 0 fully saturated rings. The smallest absolute Gasteiger partial charge is 0.338 e. The van der Waals surface area contributed by atoms with Gasteiger partial charge in [0.15, 0.2) is 4.80 Å². The van der Waals surface area contributed by atoms with E-state index >= 15 is 0 Å². The van der Waals surface area contributed by atoms with Crippen LogP contribution in [0.4, 0.5) is 0 Å². The number of fused-ring (bicyclic) bond motifs is 2. The molecule has 0 amide bonds. The summed E-state index contributed by atoms with van der Waals surface area (Å²) in [5.74, 6) is -0.448. The van der Waals surface area contributed by atoms with Crippen molar-refractivity contribution >= 4 is 46.0 Å². The minimum absolute atomic E-state index is 0.171. The van der Waals surface area contributed by atoms with Crippen molar-refractivity contribution in [2.75, 3.05) is 12.9 Å². The number of thioether (sulfide) groups is 1. The van der Waals surface area contributed by atoms with Gasteiger partial charge in [0.2, 0.25) is 0 Å². The van der Waals surface area contributed by atoms with Gasteiger partial charge >= 0.3 is 5.97 Å². The Morgan fingerprint density at radius 2 is 1.94 bits per heavy atom. The molecule has 1 aliphatic heterocycles. The van der Waals surface area contributed by atoms with Gasteiger partial charge in [-0.05, 0) is 49.9 Å². The molecule has 0 saturated carbocycles. The number of para-hydroxylation sites is 1. The number of hydrogen-bond acceptors (Lipinski definition) is 6. The fourth-order valence-corrected chi connectivity index (χ4v) is 5.97. The highest BCUT2D eigenvalue weighted by atomic mass is 32.2. The van der Waals surface area contributed by atoms with E-state index in [1.807, 2.05) is 62.0 Å². The summed E-state index contributed by atoms with van der Waals surface area (Å²) in [5, 5.41) is 1.08. The number of ether oxygens (including phenoxy) is 1. The number of hydrogen-bond donors (Lipinski definition) is 0. The van der Waals surface area contributed by atoms with Crippen LogP contribution in [0.15, 0.2) is 80.7 Å². The molecule has 2 aromatic carbocycles. The van der Waals surface area contributed by atoms with Gasteiger partial charge in [-0.25, -0.2) is 9.79 Å². The van der Waals surface area contributed by atoms with Crippen molar-refractivity contribution in [1.82, 2.24) is 9.13 Å². The van der Waals surface area contributed by atoms with Crippen LogP contribution in [0, 0.1) is 0 Å². The Morgan fingerprint density at radius 3 is 2.66 bits per heavy atom. The zero-order valence-corrected chi connectivity index (χ0v) is 21.6. The van der Waals surface area contributed by atoms with E-state index in [1.54, 1.807) is 30.2 Å². The van der Waals surface area contributed by atoms with E-state index in [4.69, 9.17) is 4.74 Å². The molecule has 0 radical (unpaired) electrons. The first kappa shape index (κ1) is 23.4. The van der Waals surface area contributed by atoms with Crippen molar-refractivity contribution in [3.8, 4) is 0 Å². The third-order valence-corrected chi connectivity index (χ3v) is 7.89. The van der Waals surface area contributed by atoms with E-state index in [0.29, 0.717) is 20.6 Å².